The zero-order valence-electron chi connectivity index (χ0n) is 10.2. The highest BCUT2D eigenvalue weighted by molar-refractivity contribution is 5.67. The third-order valence-corrected chi connectivity index (χ3v) is 1.85. The van der Waals surface area contributed by atoms with Crippen LogP contribution in [-0.2, 0) is 11.3 Å². The molecule has 1 rings (SSSR count). The van der Waals surface area contributed by atoms with Crippen molar-refractivity contribution in [3.05, 3.63) is 23.9 Å². The summed E-state index contributed by atoms with van der Waals surface area (Å²) in [6, 6.07) is 3.79. The number of carboxylic acids is 1. The molecule has 1 aromatic heterocycles. The summed E-state index contributed by atoms with van der Waals surface area (Å²) in [5.74, 6) is -0.106. The molecule has 5 N–H and O–H groups in total. The van der Waals surface area contributed by atoms with E-state index in [2.05, 4.69) is 21.4 Å². The van der Waals surface area contributed by atoms with Crippen molar-refractivity contribution in [2.45, 2.75) is 13.0 Å². The van der Waals surface area contributed by atoms with Crippen molar-refractivity contribution < 1.29 is 9.90 Å². The van der Waals surface area contributed by atoms with Gasteiger partial charge in [0.15, 0.2) is 0 Å². The molecule has 96 valence electrons. The van der Waals surface area contributed by atoms with Crippen LogP contribution in [0.5, 0.6) is 0 Å². The van der Waals surface area contributed by atoms with Gasteiger partial charge in [-0.25, -0.2) is 4.98 Å². The van der Waals surface area contributed by atoms with Crippen LogP contribution in [0.4, 0.5) is 5.82 Å². The molecule has 6 nitrogen and oxygen atoms in total. The van der Waals surface area contributed by atoms with Crippen LogP contribution in [0.3, 0.4) is 0 Å². The van der Waals surface area contributed by atoms with Crippen LogP contribution in [0.25, 0.3) is 0 Å². The first-order valence-electron chi connectivity index (χ1n) is 5.35. The lowest BCUT2D eigenvalue weighted by atomic mass is 10.3. The van der Waals surface area contributed by atoms with Crippen LogP contribution in [0, 0.1) is 0 Å². The number of aromatic nitrogens is 1. The second-order valence-electron chi connectivity index (χ2n) is 3.15. The molecule has 6 heteroatoms. The van der Waals surface area contributed by atoms with Crippen LogP contribution in [0.15, 0.2) is 18.3 Å². The normalized spacial score (nSPS) is 9.12. The van der Waals surface area contributed by atoms with Crippen LogP contribution in [0.1, 0.15) is 12.0 Å². The molecule has 0 saturated heterocycles. The van der Waals surface area contributed by atoms with Gasteiger partial charge in [0.2, 0.25) is 0 Å². The van der Waals surface area contributed by atoms with Gasteiger partial charge in [-0.1, -0.05) is 6.07 Å². The van der Waals surface area contributed by atoms with E-state index in [0.717, 1.165) is 12.1 Å². The number of nitrogens with two attached hydrogens (primary N) is 1. The van der Waals surface area contributed by atoms with E-state index in [1.807, 2.05) is 19.2 Å². The molecule has 0 spiro atoms. The summed E-state index contributed by atoms with van der Waals surface area (Å²) in [5, 5.41) is 14.4. The van der Waals surface area contributed by atoms with E-state index in [1.54, 1.807) is 6.20 Å². The topological polar surface area (TPSA) is 100 Å². The molecule has 0 aliphatic rings. The molecule has 0 fully saturated rings. The SMILES string of the molecule is CN.CNCc1ccc(NCCC(=O)O)nc1. The molecular weight excluding hydrogens is 220 g/mol. The third kappa shape index (κ3) is 7.26. The first-order valence-corrected chi connectivity index (χ1v) is 5.35. The Hall–Kier alpha value is -1.66. The zero-order valence-corrected chi connectivity index (χ0v) is 10.2. The molecular formula is C11H20N4O2. The van der Waals surface area contributed by atoms with Gasteiger partial charge < -0.3 is 21.5 Å². The highest BCUT2D eigenvalue weighted by Gasteiger charge is 1.97. The molecule has 0 radical (unpaired) electrons. The van der Waals surface area contributed by atoms with Crippen molar-refractivity contribution in [1.29, 1.82) is 0 Å². The zero-order chi connectivity index (χ0) is 13.1. The lowest BCUT2D eigenvalue weighted by molar-refractivity contribution is -0.136. The van der Waals surface area contributed by atoms with Crippen molar-refractivity contribution >= 4 is 11.8 Å². The highest BCUT2D eigenvalue weighted by atomic mass is 16.4. The summed E-state index contributed by atoms with van der Waals surface area (Å²) < 4.78 is 0. The first kappa shape index (κ1) is 15.3. The number of nitrogens with zero attached hydrogens (tertiary/aromatic N) is 1. The predicted octanol–water partition coefficient (Wildman–Crippen LogP) is 0.262. The Morgan fingerprint density at radius 2 is 2.18 bits per heavy atom. The summed E-state index contributed by atoms with van der Waals surface area (Å²) in [5.41, 5.74) is 5.60. The molecule has 0 bridgehead atoms. The standard InChI is InChI=1S/C10H15N3O2.CH5N/c1-11-6-8-2-3-9(13-7-8)12-5-4-10(14)15;1-2/h2-3,7,11H,4-6H2,1H3,(H,12,13)(H,14,15);2H2,1H3. The number of nitrogens with one attached hydrogen (secondary N) is 2. The van der Waals surface area contributed by atoms with Gasteiger partial charge >= 0.3 is 5.97 Å². The molecule has 0 aliphatic heterocycles. The van der Waals surface area contributed by atoms with Crippen LogP contribution in [0.2, 0.25) is 0 Å². The summed E-state index contributed by atoms with van der Waals surface area (Å²) in [6.07, 6.45) is 1.86. The molecule has 0 saturated carbocycles. The van der Waals surface area contributed by atoms with Crippen LogP contribution in [-0.4, -0.2) is 36.7 Å². The Balaban J connectivity index is 0.00000121. The fourth-order valence-electron chi connectivity index (χ4n) is 1.14. The number of hydrogen-bond donors (Lipinski definition) is 4. The lowest BCUT2D eigenvalue weighted by Gasteiger charge is -2.04. The molecule has 0 amide bonds. The summed E-state index contributed by atoms with van der Waals surface area (Å²) in [7, 11) is 3.37. The third-order valence-electron chi connectivity index (χ3n) is 1.85. The summed E-state index contributed by atoms with van der Waals surface area (Å²) in [6.45, 7) is 1.18. The van der Waals surface area contributed by atoms with Gasteiger partial charge in [0.1, 0.15) is 5.82 Å². The molecule has 17 heavy (non-hydrogen) atoms. The first-order chi connectivity index (χ1) is 8.22. The Morgan fingerprint density at radius 3 is 2.65 bits per heavy atom. The smallest absolute Gasteiger partial charge is 0.305 e. The van der Waals surface area contributed by atoms with Crippen molar-refractivity contribution in [1.82, 2.24) is 10.3 Å². The fourth-order valence-corrected chi connectivity index (χ4v) is 1.14. The highest BCUT2D eigenvalue weighted by Crippen LogP contribution is 2.04. The van der Waals surface area contributed by atoms with Crippen LogP contribution >= 0.6 is 0 Å². The number of pyridine rings is 1. The maximum atomic E-state index is 10.3. The maximum Gasteiger partial charge on any atom is 0.305 e. The molecule has 0 aromatic carbocycles. The number of rotatable bonds is 6. The van der Waals surface area contributed by atoms with Gasteiger partial charge in [0, 0.05) is 19.3 Å². The van der Waals surface area contributed by atoms with E-state index < -0.39 is 5.97 Å². The quantitative estimate of drug-likeness (QED) is 0.569. The minimum atomic E-state index is -0.811. The Bertz CT molecular complexity index is 314. The van der Waals surface area contributed by atoms with Gasteiger partial charge in [-0.05, 0) is 25.7 Å². The largest absolute Gasteiger partial charge is 0.481 e. The van der Waals surface area contributed by atoms with Gasteiger partial charge in [0.05, 0.1) is 6.42 Å². The Morgan fingerprint density at radius 1 is 1.47 bits per heavy atom. The molecule has 1 aromatic rings. The molecule has 0 atom stereocenters. The number of aliphatic carboxylic acids is 1. The molecule has 0 unspecified atom stereocenters. The van der Waals surface area contributed by atoms with Gasteiger partial charge in [-0.3, -0.25) is 4.79 Å². The van der Waals surface area contributed by atoms with E-state index in [4.69, 9.17) is 5.11 Å². The minimum absolute atomic E-state index is 0.0972. The lowest BCUT2D eigenvalue weighted by Crippen LogP contribution is -2.09. The van der Waals surface area contributed by atoms with Gasteiger partial charge in [0.25, 0.3) is 0 Å². The van der Waals surface area contributed by atoms with Crippen molar-refractivity contribution in [3.8, 4) is 0 Å². The van der Waals surface area contributed by atoms with Gasteiger partial charge in [-0.2, -0.15) is 0 Å². The average molecular weight is 240 g/mol. The Labute approximate surface area is 101 Å². The van der Waals surface area contributed by atoms with Crippen molar-refractivity contribution in [2.24, 2.45) is 5.73 Å². The number of carbonyl (C=O) groups is 1. The van der Waals surface area contributed by atoms with Crippen molar-refractivity contribution in [2.75, 3.05) is 26.0 Å². The average Bonchev–Trinajstić information content (AvgIpc) is 2.34. The van der Waals surface area contributed by atoms with E-state index >= 15 is 0 Å². The second kappa shape index (κ2) is 9.56. The predicted molar refractivity (Wildman–Crippen MR) is 67.9 cm³/mol. The van der Waals surface area contributed by atoms with Gasteiger partial charge in [-0.15, -0.1) is 0 Å². The van der Waals surface area contributed by atoms with E-state index in [9.17, 15) is 4.79 Å². The summed E-state index contributed by atoms with van der Waals surface area (Å²) >= 11 is 0. The minimum Gasteiger partial charge on any atom is -0.481 e. The summed E-state index contributed by atoms with van der Waals surface area (Å²) in [4.78, 5) is 14.4. The maximum absolute atomic E-state index is 10.3. The van der Waals surface area contributed by atoms with E-state index in [-0.39, 0.29) is 6.42 Å². The number of anilines is 1. The van der Waals surface area contributed by atoms with E-state index in [0.29, 0.717) is 12.4 Å². The monoisotopic (exact) mass is 240 g/mol. The molecule has 0 aliphatic carbocycles. The Kier molecular flexibility index (Phi) is 8.62. The fraction of sp³-hybridized carbons (Fsp3) is 0.455. The van der Waals surface area contributed by atoms with E-state index in [1.165, 1.54) is 7.05 Å². The van der Waals surface area contributed by atoms with Crippen molar-refractivity contribution in [3.63, 3.8) is 0 Å². The molecule has 1 heterocycles. The number of carboxylic acid groups (broad SMARTS) is 1. The second-order valence-corrected chi connectivity index (χ2v) is 3.15. The van der Waals surface area contributed by atoms with Crippen LogP contribution < -0.4 is 16.4 Å². The number of hydrogen-bond acceptors (Lipinski definition) is 5.